The van der Waals surface area contributed by atoms with E-state index in [2.05, 4.69) is 0 Å². The summed E-state index contributed by atoms with van der Waals surface area (Å²) in [5.41, 5.74) is 3.52. The van der Waals surface area contributed by atoms with Gasteiger partial charge in [-0.2, -0.15) is 0 Å². The van der Waals surface area contributed by atoms with Gasteiger partial charge < -0.3 is 9.64 Å². The van der Waals surface area contributed by atoms with E-state index >= 15 is 0 Å². The van der Waals surface area contributed by atoms with Crippen LogP contribution < -0.4 is 0 Å². The van der Waals surface area contributed by atoms with Gasteiger partial charge in [-0.3, -0.25) is 14.4 Å². The normalized spacial score (nSPS) is 16.2. The van der Waals surface area contributed by atoms with Gasteiger partial charge in [0.25, 0.3) is 5.91 Å². The van der Waals surface area contributed by atoms with Crippen molar-refractivity contribution in [3.05, 3.63) is 70.5 Å². The number of benzene rings is 2. The number of ether oxygens (including phenoxy) is 1. The Kier molecular flexibility index (Phi) is 5.93. The lowest BCUT2D eigenvalue weighted by Gasteiger charge is -2.31. The predicted octanol–water partition coefficient (Wildman–Crippen LogP) is 3.59. The molecule has 6 heteroatoms. The van der Waals surface area contributed by atoms with Crippen LogP contribution in [0.2, 0.25) is 0 Å². The van der Waals surface area contributed by atoms with E-state index in [0.29, 0.717) is 37.1 Å². The number of rotatable bonds is 5. The lowest BCUT2D eigenvalue weighted by atomic mass is 9.96. The van der Waals surface area contributed by atoms with Crippen molar-refractivity contribution in [1.82, 2.24) is 4.90 Å². The Balaban J connectivity index is 1.25. The number of halogens is 1. The van der Waals surface area contributed by atoms with Crippen LogP contribution in [0.5, 0.6) is 0 Å². The van der Waals surface area contributed by atoms with Gasteiger partial charge in [0.1, 0.15) is 5.82 Å². The maximum Gasteiger partial charge on any atom is 0.309 e. The van der Waals surface area contributed by atoms with Gasteiger partial charge in [0.05, 0.1) is 5.92 Å². The van der Waals surface area contributed by atoms with Crippen LogP contribution in [0.15, 0.2) is 42.5 Å². The van der Waals surface area contributed by atoms with Crippen molar-refractivity contribution in [2.75, 3.05) is 19.7 Å². The van der Waals surface area contributed by atoms with Crippen LogP contribution in [0.25, 0.3) is 0 Å². The highest BCUT2D eigenvalue weighted by Crippen LogP contribution is 2.24. The highest BCUT2D eigenvalue weighted by atomic mass is 19.1. The van der Waals surface area contributed by atoms with E-state index in [1.165, 1.54) is 35.4 Å². The van der Waals surface area contributed by atoms with E-state index in [9.17, 15) is 18.8 Å². The van der Waals surface area contributed by atoms with Crippen molar-refractivity contribution in [2.24, 2.45) is 5.92 Å². The zero-order valence-corrected chi connectivity index (χ0v) is 16.7. The van der Waals surface area contributed by atoms with E-state index < -0.39 is 5.97 Å². The molecule has 1 heterocycles. The summed E-state index contributed by atoms with van der Waals surface area (Å²) in [6.07, 6.45) is 4.13. The Bertz CT molecular complexity index is 962. The molecule has 1 saturated heterocycles. The standard InChI is InChI=1S/C24H24FNO4/c25-21-8-6-17(7-9-21)23(28)26-12-10-18(11-13-26)24(29)30-15-22(27)20-5-4-16-2-1-3-19(16)14-20/h4-9,14,18H,1-3,10-13,15H2. The Hall–Kier alpha value is -3.02. The minimum atomic E-state index is -0.390. The van der Waals surface area contributed by atoms with Gasteiger partial charge in [-0.15, -0.1) is 0 Å². The van der Waals surface area contributed by atoms with Gasteiger partial charge in [0.15, 0.2) is 12.4 Å². The Morgan fingerprint density at radius 1 is 0.933 bits per heavy atom. The van der Waals surface area contributed by atoms with Crippen LogP contribution in [0.3, 0.4) is 0 Å². The first-order chi connectivity index (χ1) is 14.5. The number of carbonyl (C=O) groups is 3. The van der Waals surface area contributed by atoms with Gasteiger partial charge in [-0.25, -0.2) is 4.39 Å². The van der Waals surface area contributed by atoms with E-state index in [1.54, 1.807) is 11.0 Å². The SMILES string of the molecule is O=C(COC(=O)C1CCN(C(=O)c2ccc(F)cc2)CC1)c1ccc2c(c1)CCC2. The third kappa shape index (κ3) is 4.42. The zero-order valence-electron chi connectivity index (χ0n) is 16.7. The molecule has 1 aliphatic heterocycles. The highest BCUT2D eigenvalue weighted by Gasteiger charge is 2.29. The lowest BCUT2D eigenvalue weighted by molar-refractivity contribution is -0.148. The van der Waals surface area contributed by atoms with Gasteiger partial charge >= 0.3 is 5.97 Å². The minimum absolute atomic E-state index is 0.173. The molecule has 2 aromatic carbocycles. The predicted molar refractivity (Wildman–Crippen MR) is 109 cm³/mol. The molecule has 2 aliphatic rings. The number of piperidine rings is 1. The molecule has 30 heavy (non-hydrogen) atoms. The summed E-state index contributed by atoms with van der Waals surface area (Å²) in [6.45, 7) is 0.593. The summed E-state index contributed by atoms with van der Waals surface area (Å²) in [5, 5.41) is 0. The number of likely N-dealkylation sites (tertiary alicyclic amines) is 1. The molecule has 1 fully saturated rings. The molecule has 5 nitrogen and oxygen atoms in total. The van der Waals surface area contributed by atoms with Crippen molar-refractivity contribution >= 4 is 17.7 Å². The van der Waals surface area contributed by atoms with E-state index in [4.69, 9.17) is 4.74 Å². The van der Waals surface area contributed by atoms with Crippen LogP contribution in [0.4, 0.5) is 4.39 Å². The molecule has 1 aliphatic carbocycles. The molecule has 0 bridgehead atoms. The van der Waals surface area contributed by atoms with Crippen molar-refractivity contribution in [3.63, 3.8) is 0 Å². The summed E-state index contributed by atoms with van der Waals surface area (Å²) in [6, 6.07) is 11.2. The molecule has 0 saturated carbocycles. The average molecular weight is 409 g/mol. The number of ketones is 1. The molecular formula is C24H24FNO4. The van der Waals surface area contributed by atoms with Gasteiger partial charge in [0.2, 0.25) is 0 Å². The first-order valence-corrected chi connectivity index (χ1v) is 10.4. The summed E-state index contributed by atoms with van der Waals surface area (Å²) in [7, 11) is 0. The van der Waals surface area contributed by atoms with Crippen LogP contribution in [0, 0.1) is 11.7 Å². The molecular weight excluding hydrogens is 385 g/mol. The van der Waals surface area contributed by atoms with Crippen LogP contribution in [-0.2, 0) is 22.4 Å². The summed E-state index contributed by atoms with van der Waals surface area (Å²) in [4.78, 5) is 38.9. The lowest BCUT2D eigenvalue weighted by Crippen LogP contribution is -2.40. The number of aryl methyl sites for hydroxylation is 2. The third-order valence-electron chi connectivity index (χ3n) is 5.97. The van der Waals surface area contributed by atoms with Crippen molar-refractivity contribution in [2.45, 2.75) is 32.1 Å². The number of amides is 1. The number of hydrogen-bond acceptors (Lipinski definition) is 4. The summed E-state index contributed by atoms with van der Waals surface area (Å²) >= 11 is 0. The number of hydrogen-bond donors (Lipinski definition) is 0. The second-order valence-electron chi connectivity index (χ2n) is 7.94. The van der Waals surface area contributed by atoms with Crippen molar-refractivity contribution < 1.29 is 23.5 Å². The first-order valence-electron chi connectivity index (χ1n) is 10.4. The molecule has 4 rings (SSSR count). The molecule has 0 spiro atoms. The summed E-state index contributed by atoms with van der Waals surface area (Å²) < 4.78 is 18.3. The second-order valence-corrected chi connectivity index (χ2v) is 7.94. The Morgan fingerprint density at radius 3 is 2.33 bits per heavy atom. The van der Waals surface area contributed by atoms with E-state index in [-0.39, 0.29) is 30.0 Å². The Labute approximate surface area is 174 Å². The average Bonchev–Trinajstić information content (AvgIpc) is 3.25. The van der Waals surface area contributed by atoms with Gasteiger partial charge in [-0.1, -0.05) is 12.1 Å². The molecule has 0 unspecified atom stereocenters. The van der Waals surface area contributed by atoms with Crippen LogP contribution >= 0.6 is 0 Å². The van der Waals surface area contributed by atoms with Gasteiger partial charge in [0, 0.05) is 24.2 Å². The fourth-order valence-electron chi connectivity index (χ4n) is 4.18. The minimum Gasteiger partial charge on any atom is -0.457 e. The zero-order chi connectivity index (χ0) is 21.1. The molecule has 0 N–H and O–H groups in total. The largest absolute Gasteiger partial charge is 0.457 e. The van der Waals surface area contributed by atoms with E-state index in [1.807, 2.05) is 12.1 Å². The van der Waals surface area contributed by atoms with Gasteiger partial charge in [-0.05, 0) is 73.6 Å². The van der Waals surface area contributed by atoms with Crippen molar-refractivity contribution in [3.8, 4) is 0 Å². The maximum absolute atomic E-state index is 13.0. The molecule has 2 aromatic rings. The number of Topliss-reactive ketones (excluding diaryl/α,β-unsaturated/α-hetero) is 1. The summed E-state index contributed by atoms with van der Waals surface area (Å²) in [5.74, 6) is -1.47. The van der Waals surface area contributed by atoms with E-state index in [0.717, 1.165) is 19.3 Å². The quantitative estimate of drug-likeness (QED) is 0.559. The molecule has 0 atom stereocenters. The van der Waals surface area contributed by atoms with Crippen LogP contribution in [0.1, 0.15) is 51.1 Å². The first kappa shape index (κ1) is 20.3. The Morgan fingerprint density at radius 2 is 1.60 bits per heavy atom. The molecule has 0 radical (unpaired) electrons. The smallest absolute Gasteiger partial charge is 0.309 e. The monoisotopic (exact) mass is 409 g/mol. The van der Waals surface area contributed by atoms with Crippen molar-refractivity contribution in [1.29, 1.82) is 0 Å². The fourth-order valence-corrected chi connectivity index (χ4v) is 4.18. The highest BCUT2D eigenvalue weighted by molar-refractivity contribution is 5.98. The number of fused-ring (bicyclic) bond motifs is 1. The second kappa shape index (κ2) is 8.78. The molecule has 1 amide bonds. The molecule has 0 aromatic heterocycles. The fraction of sp³-hybridized carbons (Fsp3) is 0.375. The molecule has 156 valence electrons. The maximum atomic E-state index is 13.0. The number of carbonyl (C=O) groups excluding carboxylic acids is 3. The third-order valence-corrected chi connectivity index (χ3v) is 5.97. The number of esters is 1. The van der Waals surface area contributed by atoms with Crippen LogP contribution in [-0.4, -0.2) is 42.3 Å². The number of nitrogens with zero attached hydrogens (tertiary/aromatic N) is 1. The topological polar surface area (TPSA) is 63.7 Å².